The van der Waals surface area contributed by atoms with E-state index in [1.54, 1.807) is 23.0 Å². The molecule has 0 atom stereocenters. The summed E-state index contributed by atoms with van der Waals surface area (Å²) in [7, 11) is 0. The van der Waals surface area contributed by atoms with Gasteiger partial charge in [0.1, 0.15) is 11.6 Å². The molecule has 32 heavy (non-hydrogen) atoms. The predicted octanol–water partition coefficient (Wildman–Crippen LogP) is 4.18. The Bertz CT molecular complexity index is 1230. The van der Waals surface area contributed by atoms with Crippen molar-refractivity contribution in [2.45, 2.75) is 6.92 Å². The lowest BCUT2D eigenvalue weighted by molar-refractivity contribution is -0.141. The van der Waals surface area contributed by atoms with E-state index in [1.807, 2.05) is 54.6 Å². The fourth-order valence-electron chi connectivity index (χ4n) is 2.84. The molecular formula is C24H19BrN4O3. The van der Waals surface area contributed by atoms with Gasteiger partial charge in [-0.25, -0.2) is 9.48 Å². The van der Waals surface area contributed by atoms with Crippen molar-refractivity contribution in [2.75, 3.05) is 6.61 Å². The molecule has 0 radical (unpaired) electrons. The van der Waals surface area contributed by atoms with Crippen LogP contribution < -0.4 is 5.73 Å². The van der Waals surface area contributed by atoms with E-state index in [0.29, 0.717) is 11.3 Å². The van der Waals surface area contributed by atoms with Gasteiger partial charge in [-0.3, -0.25) is 4.79 Å². The van der Waals surface area contributed by atoms with Crippen molar-refractivity contribution in [3.63, 3.8) is 0 Å². The number of hydrogen-bond acceptors (Lipinski definition) is 6. The molecule has 0 unspecified atom stereocenters. The second-order valence-corrected chi connectivity index (χ2v) is 7.67. The van der Waals surface area contributed by atoms with Crippen molar-refractivity contribution in [3.05, 3.63) is 88.2 Å². The van der Waals surface area contributed by atoms with Crippen LogP contribution in [0.4, 0.5) is 0 Å². The summed E-state index contributed by atoms with van der Waals surface area (Å²) < 4.78 is 7.62. The van der Waals surface area contributed by atoms with Crippen LogP contribution in [0, 0.1) is 11.3 Å². The minimum Gasteiger partial charge on any atom is -0.454 e. The molecule has 0 aliphatic heterocycles. The number of nitrogens with two attached hydrogens (primary N) is 1. The van der Waals surface area contributed by atoms with Crippen LogP contribution in [-0.4, -0.2) is 28.1 Å². The predicted molar refractivity (Wildman–Crippen MR) is 124 cm³/mol. The Morgan fingerprint density at radius 3 is 2.50 bits per heavy atom. The number of Topliss-reactive ketones (excluding diaryl/α,β-unsaturated/α-hetero) is 1. The Morgan fingerprint density at radius 1 is 1.19 bits per heavy atom. The third kappa shape index (κ3) is 5.59. The van der Waals surface area contributed by atoms with Crippen LogP contribution >= 0.6 is 15.9 Å². The first-order chi connectivity index (χ1) is 15.4. The molecule has 0 aliphatic carbocycles. The van der Waals surface area contributed by atoms with Gasteiger partial charge in [-0.15, -0.1) is 0 Å². The van der Waals surface area contributed by atoms with Crippen molar-refractivity contribution in [1.82, 2.24) is 9.78 Å². The summed E-state index contributed by atoms with van der Waals surface area (Å²) in [5.74, 6) is -1.37. The van der Waals surface area contributed by atoms with E-state index < -0.39 is 18.4 Å². The molecule has 1 aromatic heterocycles. The number of carbonyl (C=O) groups is 2. The molecule has 3 aromatic rings. The molecule has 0 saturated heterocycles. The summed E-state index contributed by atoms with van der Waals surface area (Å²) in [6.45, 7) is 0.871. The largest absolute Gasteiger partial charge is 0.454 e. The molecular weight excluding hydrogens is 472 g/mol. The summed E-state index contributed by atoms with van der Waals surface area (Å²) in [4.78, 5) is 24.1. The summed E-state index contributed by atoms with van der Waals surface area (Å²) in [6.07, 6.45) is 4.59. The Balaban J connectivity index is 1.84. The van der Waals surface area contributed by atoms with Crippen LogP contribution in [0.25, 0.3) is 23.0 Å². The summed E-state index contributed by atoms with van der Waals surface area (Å²) >= 11 is 3.42. The van der Waals surface area contributed by atoms with Crippen molar-refractivity contribution in [2.24, 2.45) is 5.73 Å². The molecule has 7 nitrogen and oxygen atoms in total. The number of aromatic nitrogens is 2. The highest BCUT2D eigenvalue weighted by atomic mass is 79.9. The molecule has 8 heteroatoms. The smallest absolute Gasteiger partial charge is 0.331 e. The number of carbonyl (C=O) groups excluding carboxylic acids is 2. The highest BCUT2D eigenvalue weighted by Gasteiger charge is 2.14. The van der Waals surface area contributed by atoms with Crippen LogP contribution in [0.3, 0.4) is 0 Å². The maximum atomic E-state index is 12.1. The second kappa shape index (κ2) is 10.4. The van der Waals surface area contributed by atoms with Crippen LogP contribution in [-0.2, 0) is 14.3 Å². The Labute approximate surface area is 193 Å². The number of nitrogens with zero attached hydrogens (tertiary/aromatic N) is 3. The van der Waals surface area contributed by atoms with E-state index in [-0.39, 0.29) is 11.3 Å². The summed E-state index contributed by atoms with van der Waals surface area (Å²) in [5.41, 5.74) is 8.45. The number of hydrogen-bond donors (Lipinski definition) is 1. The number of rotatable bonds is 7. The van der Waals surface area contributed by atoms with Gasteiger partial charge in [0.05, 0.1) is 11.4 Å². The number of ether oxygens (including phenoxy) is 1. The van der Waals surface area contributed by atoms with Gasteiger partial charge in [-0.2, -0.15) is 10.4 Å². The van der Waals surface area contributed by atoms with Crippen LogP contribution in [0.1, 0.15) is 12.5 Å². The lowest BCUT2D eigenvalue weighted by Crippen LogP contribution is -2.16. The van der Waals surface area contributed by atoms with E-state index in [4.69, 9.17) is 15.7 Å². The van der Waals surface area contributed by atoms with Gasteiger partial charge >= 0.3 is 5.97 Å². The molecule has 0 saturated carbocycles. The summed E-state index contributed by atoms with van der Waals surface area (Å²) in [6, 6.07) is 18.9. The van der Waals surface area contributed by atoms with Crippen molar-refractivity contribution < 1.29 is 14.3 Å². The number of allylic oxidation sites excluding steroid dienone is 1. The fraction of sp³-hybridized carbons (Fsp3) is 0.0833. The zero-order valence-corrected chi connectivity index (χ0v) is 18.7. The average Bonchev–Trinajstić information content (AvgIpc) is 3.22. The maximum Gasteiger partial charge on any atom is 0.331 e. The molecule has 0 bridgehead atoms. The van der Waals surface area contributed by atoms with Crippen LogP contribution in [0.5, 0.6) is 0 Å². The quantitative estimate of drug-likeness (QED) is 0.302. The molecule has 0 spiro atoms. The molecule has 3 rings (SSSR count). The molecule has 0 fully saturated rings. The van der Waals surface area contributed by atoms with E-state index >= 15 is 0 Å². The van der Waals surface area contributed by atoms with E-state index in [0.717, 1.165) is 15.7 Å². The van der Waals surface area contributed by atoms with Crippen molar-refractivity contribution in [3.8, 4) is 23.0 Å². The van der Waals surface area contributed by atoms with Crippen molar-refractivity contribution in [1.29, 1.82) is 5.26 Å². The Morgan fingerprint density at radius 2 is 1.88 bits per heavy atom. The second-order valence-electron chi connectivity index (χ2n) is 6.75. The zero-order chi connectivity index (χ0) is 23.1. The van der Waals surface area contributed by atoms with Crippen LogP contribution in [0.2, 0.25) is 0 Å². The standard InChI is InChI=1S/C24H19BrN4O3/c1-16(27)21(13-26)22(30)15-32-23(31)12-9-18-14-29(20-5-3-2-4-6-20)28-24(18)17-7-10-19(25)11-8-17/h2-12,14H,15,27H2,1H3/b12-9+,21-16-. The number of halogens is 1. The lowest BCUT2D eigenvalue weighted by Gasteiger charge is -2.02. The molecule has 2 N–H and O–H groups in total. The maximum absolute atomic E-state index is 12.1. The first-order valence-corrected chi connectivity index (χ1v) is 10.3. The lowest BCUT2D eigenvalue weighted by atomic mass is 10.1. The van der Waals surface area contributed by atoms with E-state index in [2.05, 4.69) is 21.0 Å². The molecule has 2 aromatic carbocycles. The van der Waals surface area contributed by atoms with Gasteiger partial charge in [0.15, 0.2) is 6.61 Å². The van der Waals surface area contributed by atoms with Gasteiger partial charge < -0.3 is 10.5 Å². The van der Waals surface area contributed by atoms with Gasteiger partial charge in [-0.05, 0) is 37.3 Å². The van der Waals surface area contributed by atoms with Gasteiger partial charge in [-0.1, -0.05) is 46.3 Å². The average molecular weight is 491 g/mol. The number of nitriles is 1. The third-order valence-electron chi connectivity index (χ3n) is 4.41. The normalized spacial score (nSPS) is 11.7. The fourth-order valence-corrected chi connectivity index (χ4v) is 3.10. The summed E-state index contributed by atoms with van der Waals surface area (Å²) in [5, 5.41) is 13.6. The molecule has 0 aliphatic rings. The molecule has 0 amide bonds. The number of esters is 1. The first kappa shape index (κ1) is 22.7. The topological polar surface area (TPSA) is 111 Å². The highest BCUT2D eigenvalue weighted by molar-refractivity contribution is 9.10. The molecule has 160 valence electrons. The minimum atomic E-state index is -0.723. The van der Waals surface area contributed by atoms with Crippen molar-refractivity contribution >= 4 is 33.8 Å². The van der Waals surface area contributed by atoms with E-state index in [9.17, 15) is 9.59 Å². The van der Waals surface area contributed by atoms with Gasteiger partial charge in [0, 0.05) is 33.6 Å². The third-order valence-corrected chi connectivity index (χ3v) is 4.94. The number of para-hydroxylation sites is 1. The zero-order valence-electron chi connectivity index (χ0n) is 17.2. The first-order valence-electron chi connectivity index (χ1n) is 9.54. The van der Waals surface area contributed by atoms with E-state index in [1.165, 1.54) is 13.0 Å². The number of ketones is 1. The minimum absolute atomic E-state index is 0.0801. The monoisotopic (exact) mass is 490 g/mol. The molecule has 1 heterocycles. The van der Waals surface area contributed by atoms with Gasteiger partial charge in [0.2, 0.25) is 5.78 Å². The Kier molecular flexibility index (Phi) is 7.37. The SMILES string of the molecule is C/C(N)=C(\C#N)C(=O)COC(=O)/C=C/c1cn(-c2ccccc2)nc1-c1ccc(Br)cc1. The Hall–Kier alpha value is -3.96. The van der Waals surface area contributed by atoms with Gasteiger partial charge in [0.25, 0.3) is 0 Å². The highest BCUT2D eigenvalue weighted by Crippen LogP contribution is 2.26. The van der Waals surface area contributed by atoms with Crippen LogP contribution in [0.15, 0.2) is 82.6 Å². The number of benzene rings is 2.